The molecule has 8 nitrogen and oxygen atoms in total. The lowest BCUT2D eigenvalue weighted by atomic mass is 10.2. The number of nitrogens with zero attached hydrogens (tertiary/aromatic N) is 1. The number of nitrogen functional groups attached to an aromatic ring is 1. The SMILES string of the molecule is COCCNC(=O)C(C)NC(=O)c1cnccc1NN. The molecule has 1 unspecified atom stereocenters. The van der Waals surface area contributed by atoms with E-state index in [1.54, 1.807) is 20.1 Å². The van der Waals surface area contributed by atoms with Crippen molar-refractivity contribution in [3.8, 4) is 0 Å². The second-order valence-electron chi connectivity index (χ2n) is 4.04. The number of anilines is 1. The molecular formula is C12H19N5O3. The summed E-state index contributed by atoms with van der Waals surface area (Å²) < 4.78 is 4.82. The number of rotatable bonds is 7. The standard InChI is InChI=1S/C12H19N5O3/c1-8(11(18)15-5-6-20-2)16-12(19)9-7-14-4-3-10(9)17-13/h3-4,7-8H,5-6,13H2,1-2H3,(H,14,17)(H,15,18)(H,16,19). The number of pyridine rings is 1. The van der Waals surface area contributed by atoms with Crippen LogP contribution in [0.25, 0.3) is 0 Å². The van der Waals surface area contributed by atoms with Crippen molar-refractivity contribution < 1.29 is 14.3 Å². The van der Waals surface area contributed by atoms with E-state index in [1.807, 2.05) is 0 Å². The van der Waals surface area contributed by atoms with Crippen LogP contribution in [0.15, 0.2) is 18.5 Å². The average molecular weight is 281 g/mol. The molecule has 0 aliphatic rings. The first-order valence-corrected chi connectivity index (χ1v) is 6.08. The highest BCUT2D eigenvalue weighted by molar-refractivity contribution is 6.01. The number of nitrogens with one attached hydrogen (secondary N) is 3. The Morgan fingerprint density at radius 3 is 2.90 bits per heavy atom. The maximum atomic E-state index is 12.0. The zero-order valence-corrected chi connectivity index (χ0v) is 11.5. The average Bonchev–Trinajstić information content (AvgIpc) is 2.47. The molecule has 0 saturated heterocycles. The van der Waals surface area contributed by atoms with Crippen molar-refractivity contribution >= 4 is 17.5 Å². The molecule has 0 aromatic carbocycles. The van der Waals surface area contributed by atoms with Crippen LogP contribution in [0.5, 0.6) is 0 Å². The van der Waals surface area contributed by atoms with Crippen molar-refractivity contribution in [2.24, 2.45) is 5.84 Å². The van der Waals surface area contributed by atoms with Crippen LogP contribution >= 0.6 is 0 Å². The van der Waals surface area contributed by atoms with Gasteiger partial charge in [0.25, 0.3) is 5.91 Å². The molecule has 0 spiro atoms. The molecule has 20 heavy (non-hydrogen) atoms. The molecule has 0 radical (unpaired) electrons. The van der Waals surface area contributed by atoms with Crippen molar-refractivity contribution in [1.29, 1.82) is 0 Å². The van der Waals surface area contributed by atoms with Gasteiger partial charge >= 0.3 is 0 Å². The molecule has 1 heterocycles. The largest absolute Gasteiger partial charge is 0.383 e. The first-order chi connectivity index (χ1) is 9.60. The molecule has 0 aliphatic heterocycles. The van der Waals surface area contributed by atoms with Gasteiger partial charge in [-0.2, -0.15) is 0 Å². The van der Waals surface area contributed by atoms with E-state index in [2.05, 4.69) is 21.0 Å². The van der Waals surface area contributed by atoms with Crippen molar-refractivity contribution in [2.75, 3.05) is 25.7 Å². The number of hydrogen-bond donors (Lipinski definition) is 4. The van der Waals surface area contributed by atoms with Gasteiger partial charge in [0.05, 0.1) is 17.9 Å². The molecule has 1 rings (SSSR count). The molecule has 0 fully saturated rings. The molecule has 2 amide bonds. The molecule has 0 bridgehead atoms. The Kier molecular flexibility index (Phi) is 6.41. The van der Waals surface area contributed by atoms with Gasteiger partial charge < -0.3 is 20.8 Å². The molecule has 8 heteroatoms. The van der Waals surface area contributed by atoms with Gasteiger partial charge in [0.15, 0.2) is 0 Å². The summed E-state index contributed by atoms with van der Waals surface area (Å²) in [4.78, 5) is 27.6. The van der Waals surface area contributed by atoms with E-state index in [0.717, 1.165) is 0 Å². The fourth-order valence-electron chi connectivity index (χ4n) is 1.47. The van der Waals surface area contributed by atoms with Gasteiger partial charge in [-0.3, -0.25) is 20.4 Å². The number of methoxy groups -OCH3 is 1. The minimum absolute atomic E-state index is 0.270. The number of carbonyl (C=O) groups excluding carboxylic acids is 2. The van der Waals surface area contributed by atoms with Gasteiger partial charge in [0.2, 0.25) is 5.91 Å². The molecule has 5 N–H and O–H groups in total. The highest BCUT2D eigenvalue weighted by atomic mass is 16.5. The summed E-state index contributed by atoms with van der Waals surface area (Å²) in [6, 6.07) is 0.892. The number of nitrogens with two attached hydrogens (primary N) is 1. The predicted octanol–water partition coefficient (Wildman–Crippen LogP) is -0.752. The Labute approximate surface area is 117 Å². The third-order valence-electron chi connectivity index (χ3n) is 2.57. The monoisotopic (exact) mass is 281 g/mol. The highest BCUT2D eigenvalue weighted by Gasteiger charge is 2.18. The molecule has 1 aromatic rings. The highest BCUT2D eigenvalue weighted by Crippen LogP contribution is 2.11. The maximum absolute atomic E-state index is 12.0. The van der Waals surface area contributed by atoms with Crippen LogP contribution in [-0.2, 0) is 9.53 Å². The fourth-order valence-corrected chi connectivity index (χ4v) is 1.47. The fraction of sp³-hybridized carbons (Fsp3) is 0.417. The van der Waals surface area contributed by atoms with E-state index in [0.29, 0.717) is 18.8 Å². The Morgan fingerprint density at radius 1 is 1.50 bits per heavy atom. The summed E-state index contributed by atoms with van der Waals surface area (Å²) >= 11 is 0. The second-order valence-corrected chi connectivity index (χ2v) is 4.04. The van der Waals surface area contributed by atoms with Crippen LogP contribution in [0, 0.1) is 0 Å². The first-order valence-electron chi connectivity index (χ1n) is 6.08. The number of hydrogen-bond acceptors (Lipinski definition) is 6. The quantitative estimate of drug-likeness (QED) is 0.297. The molecule has 0 aliphatic carbocycles. The van der Waals surface area contributed by atoms with E-state index < -0.39 is 11.9 Å². The lowest BCUT2D eigenvalue weighted by Crippen LogP contribution is -2.45. The molecule has 1 atom stereocenters. The van der Waals surface area contributed by atoms with Gasteiger partial charge in [-0.25, -0.2) is 0 Å². The van der Waals surface area contributed by atoms with Crippen LogP contribution in [0.2, 0.25) is 0 Å². The summed E-state index contributed by atoms with van der Waals surface area (Å²) in [5, 5.41) is 5.20. The van der Waals surface area contributed by atoms with Crippen LogP contribution in [-0.4, -0.2) is 43.1 Å². The molecular weight excluding hydrogens is 262 g/mol. The number of aromatic nitrogens is 1. The Balaban J connectivity index is 2.59. The van der Waals surface area contributed by atoms with E-state index >= 15 is 0 Å². The Hall–Kier alpha value is -2.19. The first kappa shape index (κ1) is 15.9. The number of amides is 2. The second kappa shape index (κ2) is 8.08. The van der Waals surface area contributed by atoms with Gasteiger partial charge in [0.1, 0.15) is 6.04 Å². The predicted molar refractivity (Wildman–Crippen MR) is 73.9 cm³/mol. The third-order valence-corrected chi connectivity index (χ3v) is 2.57. The van der Waals surface area contributed by atoms with E-state index in [4.69, 9.17) is 10.6 Å². The van der Waals surface area contributed by atoms with Crippen molar-refractivity contribution in [3.63, 3.8) is 0 Å². The number of ether oxygens (including phenoxy) is 1. The van der Waals surface area contributed by atoms with Gasteiger partial charge in [0, 0.05) is 26.0 Å². The number of carbonyl (C=O) groups is 2. The van der Waals surface area contributed by atoms with Crippen LogP contribution in [0.1, 0.15) is 17.3 Å². The number of hydrazine groups is 1. The van der Waals surface area contributed by atoms with Crippen molar-refractivity contribution in [3.05, 3.63) is 24.0 Å². The summed E-state index contributed by atoms with van der Waals surface area (Å²) in [7, 11) is 1.54. The van der Waals surface area contributed by atoms with Gasteiger partial charge in [-0.05, 0) is 13.0 Å². The lowest BCUT2D eigenvalue weighted by molar-refractivity contribution is -0.122. The van der Waals surface area contributed by atoms with E-state index in [9.17, 15) is 9.59 Å². The summed E-state index contributed by atoms with van der Waals surface area (Å²) in [6.45, 7) is 2.39. The van der Waals surface area contributed by atoms with Crippen molar-refractivity contribution in [1.82, 2.24) is 15.6 Å². The normalized spacial score (nSPS) is 11.6. The van der Waals surface area contributed by atoms with Gasteiger partial charge in [-0.1, -0.05) is 0 Å². The molecule has 0 saturated carbocycles. The third kappa shape index (κ3) is 4.48. The van der Waals surface area contributed by atoms with Crippen LogP contribution in [0.4, 0.5) is 5.69 Å². The molecule has 1 aromatic heterocycles. The minimum atomic E-state index is -0.676. The topological polar surface area (TPSA) is 118 Å². The smallest absolute Gasteiger partial charge is 0.255 e. The zero-order valence-electron chi connectivity index (χ0n) is 11.5. The zero-order chi connectivity index (χ0) is 15.0. The summed E-state index contributed by atoms with van der Waals surface area (Å²) in [5.74, 6) is 4.59. The van der Waals surface area contributed by atoms with Gasteiger partial charge in [-0.15, -0.1) is 0 Å². The van der Waals surface area contributed by atoms with E-state index in [1.165, 1.54) is 12.4 Å². The lowest BCUT2D eigenvalue weighted by Gasteiger charge is -2.15. The van der Waals surface area contributed by atoms with Crippen molar-refractivity contribution in [2.45, 2.75) is 13.0 Å². The summed E-state index contributed by atoms with van der Waals surface area (Å²) in [5.41, 5.74) is 3.11. The van der Waals surface area contributed by atoms with Crippen LogP contribution < -0.4 is 21.9 Å². The minimum Gasteiger partial charge on any atom is -0.383 e. The summed E-state index contributed by atoms with van der Waals surface area (Å²) in [6.07, 6.45) is 2.88. The Bertz CT molecular complexity index is 466. The maximum Gasteiger partial charge on any atom is 0.255 e. The molecule has 110 valence electrons. The Morgan fingerprint density at radius 2 is 2.25 bits per heavy atom. The van der Waals surface area contributed by atoms with Crippen LogP contribution in [0.3, 0.4) is 0 Å². The van der Waals surface area contributed by atoms with E-state index in [-0.39, 0.29) is 11.5 Å².